The highest BCUT2D eigenvalue weighted by molar-refractivity contribution is 5.80. The van der Waals surface area contributed by atoms with E-state index in [9.17, 15) is 40.5 Å². The molecule has 1 saturated heterocycles. The lowest BCUT2D eigenvalue weighted by molar-refractivity contribution is -0.303. The zero-order valence-corrected chi connectivity index (χ0v) is 37.7. The van der Waals surface area contributed by atoms with E-state index in [2.05, 4.69) is 31.3 Å². The van der Waals surface area contributed by atoms with E-state index in [1.807, 2.05) is 0 Å². The molecule has 1 aliphatic heterocycles. The normalized spacial score (nSPS) is 21.8. The highest BCUT2D eigenvalue weighted by atomic mass is 16.7. The molecule has 0 radical (unpaired) electrons. The summed E-state index contributed by atoms with van der Waals surface area (Å²) in [6, 6.07) is -1.17. The van der Waals surface area contributed by atoms with E-state index in [4.69, 9.17) is 9.47 Å². The van der Waals surface area contributed by atoms with Crippen LogP contribution in [0.2, 0.25) is 0 Å². The molecule has 0 saturated carbocycles. The van der Waals surface area contributed by atoms with Crippen molar-refractivity contribution in [1.82, 2.24) is 5.32 Å². The first-order valence-corrected chi connectivity index (χ1v) is 24.6. The van der Waals surface area contributed by atoms with Crippen molar-refractivity contribution in [3.63, 3.8) is 0 Å². The molecule has 59 heavy (non-hydrogen) atoms. The second kappa shape index (κ2) is 38.5. The number of ether oxygens (including phenoxy) is 2. The minimum absolute atomic E-state index is 0.252. The lowest BCUT2D eigenvalue weighted by Crippen LogP contribution is -2.60. The van der Waals surface area contributed by atoms with E-state index in [0.29, 0.717) is 19.3 Å². The second-order valence-corrected chi connectivity index (χ2v) is 17.5. The number of nitrogens with one attached hydrogen (secondary N) is 1. The maximum atomic E-state index is 13.1. The Balaban J connectivity index is 2.41. The molecule has 0 aromatic rings. The minimum Gasteiger partial charge on any atom is -0.394 e. The number of hydrogen-bond acceptors (Lipinski definition) is 10. The van der Waals surface area contributed by atoms with E-state index >= 15 is 0 Å². The Bertz CT molecular complexity index is 970. The van der Waals surface area contributed by atoms with Crippen LogP contribution in [0, 0.1) is 0 Å². The summed E-state index contributed by atoms with van der Waals surface area (Å²) in [6.07, 6.45) is 29.7. The Morgan fingerprint density at radius 1 is 0.576 bits per heavy atom. The molecule has 0 aromatic heterocycles. The molecule has 9 atom stereocenters. The number of carbonyl (C=O) groups excluding carboxylic acids is 1. The monoisotopic (exact) mass is 844 g/mol. The maximum Gasteiger partial charge on any atom is 0.249 e. The van der Waals surface area contributed by atoms with Crippen LogP contribution >= 0.6 is 0 Å². The lowest BCUT2D eigenvalue weighted by atomic mass is 9.98. The molecule has 8 N–H and O–H groups in total. The van der Waals surface area contributed by atoms with Gasteiger partial charge in [-0.25, -0.2) is 0 Å². The van der Waals surface area contributed by atoms with Crippen LogP contribution in [-0.2, 0) is 14.3 Å². The van der Waals surface area contributed by atoms with Crippen molar-refractivity contribution < 1.29 is 50.0 Å². The molecule has 1 rings (SSSR count). The summed E-state index contributed by atoms with van der Waals surface area (Å²) < 4.78 is 11.1. The van der Waals surface area contributed by atoms with Crippen LogP contribution < -0.4 is 5.32 Å². The second-order valence-electron chi connectivity index (χ2n) is 17.5. The Labute approximate surface area is 360 Å². The molecular formula is C48H93NO10. The first-order chi connectivity index (χ1) is 28.7. The molecular weight excluding hydrogens is 751 g/mol. The summed E-state index contributed by atoms with van der Waals surface area (Å²) in [6.45, 7) is 3.44. The Morgan fingerprint density at radius 2 is 0.983 bits per heavy atom. The summed E-state index contributed by atoms with van der Waals surface area (Å²) >= 11 is 0. The summed E-state index contributed by atoms with van der Waals surface area (Å²) in [5.41, 5.74) is 0. The molecule has 0 spiro atoms. The van der Waals surface area contributed by atoms with Crippen LogP contribution in [0.4, 0.5) is 0 Å². The van der Waals surface area contributed by atoms with Crippen molar-refractivity contribution in [2.45, 2.75) is 274 Å². The average molecular weight is 844 g/mol. The molecule has 1 amide bonds. The quantitative estimate of drug-likeness (QED) is 0.0219. The maximum absolute atomic E-state index is 13.1. The number of aliphatic hydroxyl groups excluding tert-OH is 7. The molecule has 0 aromatic carbocycles. The molecule has 350 valence electrons. The van der Waals surface area contributed by atoms with Gasteiger partial charge in [-0.15, -0.1) is 0 Å². The van der Waals surface area contributed by atoms with Crippen molar-refractivity contribution in [2.24, 2.45) is 0 Å². The Kier molecular flexibility index (Phi) is 36.5. The van der Waals surface area contributed by atoms with Gasteiger partial charge in [0, 0.05) is 0 Å². The summed E-state index contributed by atoms with van der Waals surface area (Å²) in [4.78, 5) is 13.1. The highest BCUT2D eigenvalue weighted by Gasteiger charge is 2.44. The van der Waals surface area contributed by atoms with Gasteiger partial charge in [0.15, 0.2) is 6.29 Å². The number of hydrogen-bond donors (Lipinski definition) is 8. The van der Waals surface area contributed by atoms with E-state index in [1.54, 1.807) is 0 Å². The first kappa shape index (κ1) is 55.9. The molecule has 0 unspecified atom stereocenters. The molecule has 0 aliphatic carbocycles. The molecule has 1 heterocycles. The fourth-order valence-corrected chi connectivity index (χ4v) is 7.96. The van der Waals surface area contributed by atoms with Crippen LogP contribution in [0.25, 0.3) is 0 Å². The number of carbonyl (C=O) groups is 1. The topological polar surface area (TPSA) is 189 Å². The van der Waals surface area contributed by atoms with Gasteiger partial charge in [-0.2, -0.15) is 0 Å². The van der Waals surface area contributed by atoms with E-state index in [-0.39, 0.29) is 6.42 Å². The van der Waals surface area contributed by atoms with Gasteiger partial charge in [-0.3, -0.25) is 4.79 Å². The third-order valence-corrected chi connectivity index (χ3v) is 12.1. The van der Waals surface area contributed by atoms with Gasteiger partial charge in [-0.1, -0.05) is 193 Å². The SMILES string of the molecule is CCCCCCCCCCCCC=CCCCCCCC[C@@H](O)C(=O)N[C@@H](CO[C@@H]1O[C@H](CO)[C@@H](O)[C@H](O)[C@H]1O)[C@@H](O)[C@@H](O)CCCCCCCCCCCCCCC. The zero-order valence-electron chi connectivity index (χ0n) is 37.7. The highest BCUT2D eigenvalue weighted by Crippen LogP contribution is 2.23. The number of aliphatic hydroxyl groups is 7. The average Bonchev–Trinajstić information content (AvgIpc) is 3.23. The van der Waals surface area contributed by atoms with Gasteiger partial charge in [-0.05, 0) is 38.5 Å². The van der Waals surface area contributed by atoms with Crippen molar-refractivity contribution in [2.75, 3.05) is 13.2 Å². The third kappa shape index (κ3) is 28.2. The standard InChI is InChI=1S/C48H93NO10/c1-3-5-7-9-11-13-15-17-18-19-20-21-22-24-26-28-30-32-34-36-41(52)47(57)49-39(38-58-48-46(56)45(55)44(54)42(37-50)59-48)43(53)40(51)35-33-31-29-27-25-23-16-14-12-10-8-6-4-2/h21-22,39-46,48,50-56H,3-20,23-38H2,1-2H3,(H,49,57)/t39-,40-,41+,42+,43+,44+,45-,46+,48+/m0/s1. The van der Waals surface area contributed by atoms with Gasteiger partial charge < -0.3 is 50.5 Å². The van der Waals surface area contributed by atoms with E-state index in [1.165, 1.54) is 122 Å². The van der Waals surface area contributed by atoms with Crippen molar-refractivity contribution in [3.05, 3.63) is 12.2 Å². The van der Waals surface area contributed by atoms with Crippen LogP contribution in [0.5, 0.6) is 0 Å². The lowest BCUT2D eigenvalue weighted by Gasteiger charge is -2.40. The van der Waals surface area contributed by atoms with Gasteiger partial charge in [0.1, 0.15) is 36.6 Å². The summed E-state index contributed by atoms with van der Waals surface area (Å²) in [7, 11) is 0. The fraction of sp³-hybridized carbons (Fsp3) is 0.938. The van der Waals surface area contributed by atoms with Gasteiger partial charge in [0.2, 0.25) is 5.91 Å². The van der Waals surface area contributed by atoms with Crippen molar-refractivity contribution in [1.29, 1.82) is 0 Å². The van der Waals surface area contributed by atoms with Crippen LogP contribution in [0.15, 0.2) is 12.2 Å². The summed E-state index contributed by atoms with van der Waals surface area (Å²) in [5.74, 6) is -0.702. The van der Waals surface area contributed by atoms with Crippen LogP contribution in [0.3, 0.4) is 0 Å². The third-order valence-electron chi connectivity index (χ3n) is 12.1. The van der Waals surface area contributed by atoms with E-state index in [0.717, 1.165) is 57.8 Å². The Morgan fingerprint density at radius 3 is 1.42 bits per heavy atom. The number of allylic oxidation sites excluding steroid dienone is 2. The van der Waals surface area contributed by atoms with Gasteiger partial charge in [0.05, 0.1) is 25.4 Å². The largest absolute Gasteiger partial charge is 0.394 e. The van der Waals surface area contributed by atoms with Crippen LogP contribution in [0.1, 0.15) is 219 Å². The first-order valence-electron chi connectivity index (χ1n) is 24.6. The molecule has 11 heteroatoms. The van der Waals surface area contributed by atoms with Gasteiger partial charge in [0.25, 0.3) is 0 Å². The number of unbranched alkanes of at least 4 members (excludes halogenated alkanes) is 27. The molecule has 11 nitrogen and oxygen atoms in total. The summed E-state index contributed by atoms with van der Waals surface area (Å²) in [5, 5.41) is 75.7. The van der Waals surface area contributed by atoms with Gasteiger partial charge >= 0.3 is 0 Å². The van der Waals surface area contributed by atoms with Crippen molar-refractivity contribution in [3.8, 4) is 0 Å². The zero-order chi connectivity index (χ0) is 43.4. The smallest absolute Gasteiger partial charge is 0.249 e. The van der Waals surface area contributed by atoms with E-state index < -0.39 is 74.2 Å². The number of amides is 1. The Hall–Kier alpha value is -1.15. The van der Waals surface area contributed by atoms with Crippen molar-refractivity contribution >= 4 is 5.91 Å². The predicted molar refractivity (Wildman–Crippen MR) is 238 cm³/mol. The molecule has 1 aliphatic rings. The molecule has 0 bridgehead atoms. The fourth-order valence-electron chi connectivity index (χ4n) is 7.96. The van der Waals surface area contributed by atoms with Crippen LogP contribution in [-0.4, -0.2) is 110 Å². The minimum atomic E-state index is -1.66. The number of rotatable bonds is 41. The predicted octanol–water partition coefficient (Wildman–Crippen LogP) is 8.45. The molecule has 1 fully saturated rings.